The van der Waals surface area contributed by atoms with Gasteiger partial charge in [-0.1, -0.05) is 36.9 Å². The molecule has 92 valence electrons. The maximum Gasteiger partial charge on any atom is 0.121 e. The minimum absolute atomic E-state index is 0.528. The Kier molecular flexibility index (Phi) is 4.95. The molecule has 0 aliphatic heterocycles. The van der Waals surface area contributed by atoms with Crippen LogP contribution in [0.3, 0.4) is 0 Å². The van der Waals surface area contributed by atoms with Crippen LogP contribution in [0.2, 0.25) is 0 Å². The molecule has 0 radical (unpaired) electrons. The predicted octanol–water partition coefficient (Wildman–Crippen LogP) is 3.67. The highest BCUT2D eigenvalue weighted by Gasteiger charge is 2.06. The van der Waals surface area contributed by atoms with E-state index in [-0.39, 0.29) is 0 Å². The molecule has 0 aliphatic rings. The first kappa shape index (κ1) is 13.8. The molecule has 0 amide bonds. The highest BCUT2D eigenvalue weighted by atomic mass is 14.8. The second kappa shape index (κ2) is 6.46. The average molecular weight is 238 g/mol. The van der Waals surface area contributed by atoms with Crippen molar-refractivity contribution in [3.63, 3.8) is 0 Å². The second-order valence-corrected chi connectivity index (χ2v) is 3.93. The lowest BCUT2D eigenvalue weighted by Gasteiger charge is -2.09. The maximum atomic E-state index is 9.08. The molecular weight excluding hydrogens is 220 g/mol. The van der Waals surface area contributed by atoms with E-state index >= 15 is 0 Å². The number of aryl methyl sites for hydroxylation is 1. The van der Waals surface area contributed by atoms with Crippen molar-refractivity contribution >= 4 is 11.6 Å². The maximum absolute atomic E-state index is 9.08. The highest BCUT2D eigenvalue weighted by Crippen LogP contribution is 2.22. The summed E-state index contributed by atoms with van der Waals surface area (Å²) < 4.78 is 0. The summed E-state index contributed by atoms with van der Waals surface area (Å²) in [5.41, 5.74) is 4.71. The van der Waals surface area contributed by atoms with E-state index in [2.05, 4.69) is 43.1 Å². The Labute approximate surface area is 109 Å². The molecule has 0 fully saturated rings. The minimum atomic E-state index is 0.528. The van der Waals surface area contributed by atoms with E-state index in [1.54, 1.807) is 13.1 Å². The second-order valence-electron chi connectivity index (χ2n) is 3.93. The molecule has 1 aromatic carbocycles. The smallest absolute Gasteiger partial charge is 0.121 e. The Hall–Kier alpha value is -2.27. The van der Waals surface area contributed by atoms with E-state index in [4.69, 9.17) is 5.26 Å². The molecule has 0 spiro atoms. The van der Waals surface area contributed by atoms with Crippen molar-refractivity contribution in [3.8, 4) is 6.07 Å². The van der Waals surface area contributed by atoms with Crippen LogP contribution in [0.25, 0.3) is 11.6 Å². The SMILES string of the molecule is C=C/C(=C(/C#N)NC)c1ccc(C)c(/C=C\C)c1. The van der Waals surface area contributed by atoms with Crippen LogP contribution in [0, 0.1) is 18.3 Å². The van der Waals surface area contributed by atoms with Gasteiger partial charge in [-0.15, -0.1) is 0 Å². The minimum Gasteiger partial charge on any atom is -0.379 e. The van der Waals surface area contributed by atoms with Gasteiger partial charge in [-0.2, -0.15) is 5.26 Å². The first-order valence-corrected chi connectivity index (χ1v) is 5.86. The van der Waals surface area contributed by atoms with Crippen LogP contribution in [0.5, 0.6) is 0 Å². The Morgan fingerprint density at radius 1 is 1.44 bits per heavy atom. The van der Waals surface area contributed by atoms with Crippen LogP contribution < -0.4 is 5.32 Å². The van der Waals surface area contributed by atoms with Gasteiger partial charge in [0.05, 0.1) is 0 Å². The number of hydrogen-bond donors (Lipinski definition) is 1. The third-order valence-electron chi connectivity index (χ3n) is 2.77. The van der Waals surface area contributed by atoms with Gasteiger partial charge < -0.3 is 5.32 Å². The summed E-state index contributed by atoms with van der Waals surface area (Å²) in [5, 5.41) is 12.0. The van der Waals surface area contributed by atoms with E-state index in [9.17, 15) is 0 Å². The van der Waals surface area contributed by atoms with Crippen LogP contribution in [-0.4, -0.2) is 7.05 Å². The molecule has 1 aromatic rings. The summed E-state index contributed by atoms with van der Waals surface area (Å²) in [5.74, 6) is 0. The Bertz CT molecular complexity index is 543. The van der Waals surface area contributed by atoms with E-state index in [1.807, 2.05) is 19.1 Å². The molecule has 0 bridgehead atoms. The van der Waals surface area contributed by atoms with Crippen LogP contribution in [0.1, 0.15) is 23.6 Å². The van der Waals surface area contributed by atoms with E-state index in [0.717, 1.165) is 16.7 Å². The molecule has 0 unspecified atom stereocenters. The van der Waals surface area contributed by atoms with Crippen molar-refractivity contribution in [2.45, 2.75) is 13.8 Å². The van der Waals surface area contributed by atoms with Gasteiger partial charge in [-0.3, -0.25) is 0 Å². The first-order chi connectivity index (χ1) is 8.67. The van der Waals surface area contributed by atoms with Crippen LogP contribution in [-0.2, 0) is 0 Å². The lowest BCUT2D eigenvalue weighted by atomic mass is 9.98. The van der Waals surface area contributed by atoms with E-state index < -0.39 is 0 Å². The third kappa shape index (κ3) is 2.89. The topological polar surface area (TPSA) is 35.8 Å². The summed E-state index contributed by atoms with van der Waals surface area (Å²) in [6.07, 6.45) is 5.77. The van der Waals surface area contributed by atoms with E-state index in [0.29, 0.717) is 5.70 Å². The summed E-state index contributed by atoms with van der Waals surface area (Å²) in [4.78, 5) is 0. The fourth-order valence-electron chi connectivity index (χ4n) is 1.78. The quantitative estimate of drug-likeness (QED) is 0.641. The molecule has 2 nitrogen and oxygen atoms in total. The Morgan fingerprint density at radius 3 is 2.67 bits per heavy atom. The summed E-state index contributed by atoms with van der Waals surface area (Å²) in [7, 11) is 1.74. The number of benzene rings is 1. The number of nitrogens with zero attached hydrogens (tertiary/aromatic N) is 1. The molecular formula is C16H18N2. The number of allylic oxidation sites excluding steroid dienone is 4. The molecule has 0 heterocycles. The summed E-state index contributed by atoms with van der Waals surface area (Å²) in [6.45, 7) is 7.85. The molecule has 0 atom stereocenters. The van der Waals surface area contributed by atoms with Crippen molar-refractivity contribution in [2.24, 2.45) is 0 Å². The van der Waals surface area contributed by atoms with Crippen molar-refractivity contribution in [3.05, 3.63) is 59.3 Å². The van der Waals surface area contributed by atoms with Gasteiger partial charge >= 0.3 is 0 Å². The van der Waals surface area contributed by atoms with Gasteiger partial charge in [-0.05, 0) is 36.6 Å². The van der Waals surface area contributed by atoms with Crippen LogP contribution in [0.15, 0.2) is 42.6 Å². The number of nitriles is 1. The Balaban J connectivity index is 3.41. The van der Waals surface area contributed by atoms with Gasteiger partial charge in [0.25, 0.3) is 0 Å². The van der Waals surface area contributed by atoms with Crippen molar-refractivity contribution in [2.75, 3.05) is 7.05 Å². The molecule has 18 heavy (non-hydrogen) atoms. The van der Waals surface area contributed by atoms with Gasteiger partial charge in [0.15, 0.2) is 0 Å². The van der Waals surface area contributed by atoms with Gasteiger partial charge in [-0.25, -0.2) is 0 Å². The molecule has 0 saturated heterocycles. The highest BCUT2D eigenvalue weighted by molar-refractivity contribution is 5.79. The lowest BCUT2D eigenvalue weighted by molar-refractivity contribution is 1.04. The zero-order valence-corrected chi connectivity index (χ0v) is 11.1. The normalized spacial score (nSPS) is 11.9. The third-order valence-corrected chi connectivity index (χ3v) is 2.77. The molecule has 0 saturated carbocycles. The first-order valence-electron chi connectivity index (χ1n) is 5.86. The largest absolute Gasteiger partial charge is 0.379 e. The monoisotopic (exact) mass is 238 g/mol. The number of hydrogen-bond acceptors (Lipinski definition) is 2. The number of rotatable bonds is 4. The molecule has 0 aliphatic carbocycles. The van der Waals surface area contributed by atoms with Crippen LogP contribution in [0.4, 0.5) is 0 Å². The Morgan fingerprint density at radius 2 is 2.17 bits per heavy atom. The van der Waals surface area contributed by atoms with Gasteiger partial charge in [0, 0.05) is 12.6 Å². The van der Waals surface area contributed by atoms with Crippen molar-refractivity contribution in [1.82, 2.24) is 5.32 Å². The number of nitrogens with one attached hydrogen (secondary N) is 1. The van der Waals surface area contributed by atoms with Crippen LogP contribution >= 0.6 is 0 Å². The van der Waals surface area contributed by atoms with E-state index in [1.165, 1.54) is 5.56 Å². The fourth-order valence-corrected chi connectivity index (χ4v) is 1.78. The summed E-state index contributed by atoms with van der Waals surface area (Å²) in [6, 6.07) is 8.28. The predicted molar refractivity (Wildman–Crippen MR) is 77.7 cm³/mol. The summed E-state index contributed by atoms with van der Waals surface area (Å²) >= 11 is 0. The molecule has 2 heteroatoms. The average Bonchev–Trinajstić information content (AvgIpc) is 2.39. The zero-order valence-electron chi connectivity index (χ0n) is 11.1. The van der Waals surface area contributed by atoms with Gasteiger partial charge in [0.1, 0.15) is 11.8 Å². The molecule has 0 aromatic heterocycles. The standard InChI is InChI=1S/C16H18N2/c1-5-7-13-10-14(9-8-12(13)3)15(6-2)16(11-17)18-4/h5-10,18H,2H2,1,3-4H3/b7-5-,16-15+. The molecule has 1 N–H and O–H groups in total. The van der Waals surface area contributed by atoms with Crippen molar-refractivity contribution in [1.29, 1.82) is 5.26 Å². The van der Waals surface area contributed by atoms with Gasteiger partial charge in [0.2, 0.25) is 0 Å². The lowest BCUT2D eigenvalue weighted by Crippen LogP contribution is -2.06. The van der Waals surface area contributed by atoms with Crippen molar-refractivity contribution < 1.29 is 0 Å². The molecule has 1 rings (SSSR count). The zero-order chi connectivity index (χ0) is 13.5. The fraction of sp³-hybridized carbons (Fsp3) is 0.188.